The highest BCUT2D eigenvalue weighted by Gasteiger charge is 2.20. The number of benzene rings is 1. The van der Waals surface area contributed by atoms with Gasteiger partial charge < -0.3 is 0 Å². The molecule has 0 unspecified atom stereocenters. The van der Waals surface area contributed by atoms with Gasteiger partial charge in [-0.2, -0.15) is 0 Å². The van der Waals surface area contributed by atoms with E-state index in [1.165, 1.54) is 38.5 Å². The molecular weight excluding hydrogens is 204 g/mol. The first-order valence-electron chi connectivity index (χ1n) is 7.24. The molecule has 0 heteroatoms. The van der Waals surface area contributed by atoms with E-state index in [9.17, 15) is 0 Å². The van der Waals surface area contributed by atoms with Crippen LogP contribution < -0.4 is 0 Å². The highest BCUT2D eigenvalue weighted by molar-refractivity contribution is 5.28. The number of hydrogen-bond acceptors (Lipinski definition) is 0. The Morgan fingerprint density at radius 1 is 0.882 bits per heavy atom. The molecule has 0 N–H and O–H groups in total. The van der Waals surface area contributed by atoms with E-state index in [-0.39, 0.29) is 0 Å². The fraction of sp³-hybridized carbons (Fsp3) is 0.647. The Morgan fingerprint density at radius 3 is 2.24 bits per heavy atom. The zero-order valence-corrected chi connectivity index (χ0v) is 12.1. The molecule has 0 aliphatic heterocycles. The lowest BCUT2D eigenvalue weighted by Gasteiger charge is -2.24. The molecule has 0 aromatic heterocycles. The van der Waals surface area contributed by atoms with Crippen LogP contribution in [0.2, 0.25) is 0 Å². The molecule has 2 rings (SSSR count). The molecule has 0 fully saturated rings. The second-order valence-electron chi connectivity index (χ2n) is 5.67. The SMILES string of the molecule is CC.CC1(C)CCCCCc2ccccc2C1. The lowest BCUT2D eigenvalue weighted by Crippen LogP contribution is -2.15. The van der Waals surface area contributed by atoms with E-state index in [0.717, 1.165) is 0 Å². The van der Waals surface area contributed by atoms with Gasteiger partial charge in [-0.3, -0.25) is 0 Å². The Labute approximate surface area is 107 Å². The normalized spacial score (nSPS) is 18.8. The maximum atomic E-state index is 2.41. The van der Waals surface area contributed by atoms with Crippen molar-refractivity contribution in [3.8, 4) is 0 Å². The van der Waals surface area contributed by atoms with Gasteiger partial charge in [0.1, 0.15) is 0 Å². The summed E-state index contributed by atoms with van der Waals surface area (Å²) >= 11 is 0. The molecular formula is C17H28. The minimum atomic E-state index is 0.487. The summed E-state index contributed by atoms with van der Waals surface area (Å²) in [7, 11) is 0. The fourth-order valence-electron chi connectivity index (χ4n) is 2.67. The van der Waals surface area contributed by atoms with Crippen LogP contribution in [0.25, 0.3) is 0 Å². The van der Waals surface area contributed by atoms with Gasteiger partial charge in [0.25, 0.3) is 0 Å². The monoisotopic (exact) mass is 232 g/mol. The Morgan fingerprint density at radius 2 is 1.53 bits per heavy atom. The highest BCUT2D eigenvalue weighted by atomic mass is 14.3. The van der Waals surface area contributed by atoms with E-state index >= 15 is 0 Å². The van der Waals surface area contributed by atoms with Gasteiger partial charge in [-0.1, -0.05) is 64.8 Å². The Balaban J connectivity index is 0.000000686. The number of fused-ring (bicyclic) bond motifs is 1. The van der Waals surface area contributed by atoms with E-state index in [1.807, 2.05) is 13.8 Å². The van der Waals surface area contributed by atoms with E-state index < -0.39 is 0 Å². The molecule has 96 valence electrons. The molecule has 0 bridgehead atoms. The summed E-state index contributed by atoms with van der Waals surface area (Å²) in [6, 6.07) is 9.01. The smallest absolute Gasteiger partial charge is 0.0225 e. The predicted octanol–water partition coefficient (Wildman–Crippen LogP) is 5.40. The zero-order valence-electron chi connectivity index (χ0n) is 12.1. The summed E-state index contributed by atoms with van der Waals surface area (Å²) in [4.78, 5) is 0. The third kappa shape index (κ3) is 4.53. The molecule has 1 aromatic carbocycles. The quantitative estimate of drug-likeness (QED) is 0.562. The van der Waals surface area contributed by atoms with Crippen molar-refractivity contribution in [1.29, 1.82) is 0 Å². The van der Waals surface area contributed by atoms with Crippen LogP contribution in [0.3, 0.4) is 0 Å². The molecule has 1 aliphatic rings. The van der Waals surface area contributed by atoms with E-state index in [4.69, 9.17) is 0 Å². The second-order valence-corrected chi connectivity index (χ2v) is 5.67. The topological polar surface area (TPSA) is 0 Å². The summed E-state index contributed by atoms with van der Waals surface area (Å²) in [6.45, 7) is 8.82. The van der Waals surface area contributed by atoms with Gasteiger partial charge in [0.2, 0.25) is 0 Å². The van der Waals surface area contributed by atoms with Crippen LogP contribution in [-0.2, 0) is 12.8 Å². The lowest BCUT2D eigenvalue weighted by molar-refractivity contribution is 0.321. The van der Waals surface area contributed by atoms with Gasteiger partial charge in [-0.15, -0.1) is 0 Å². The minimum Gasteiger partial charge on any atom is -0.0683 e. The fourth-order valence-corrected chi connectivity index (χ4v) is 2.67. The third-order valence-electron chi connectivity index (χ3n) is 3.59. The largest absolute Gasteiger partial charge is 0.0683 e. The van der Waals surface area contributed by atoms with Crippen LogP contribution >= 0.6 is 0 Å². The number of rotatable bonds is 0. The molecule has 0 amide bonds. The first-order chi connectivity index (χ1) is 8.17. The van der Waals surface area contributed by atoms with Crippen molar-refractivity contribution < 1.29 is 0 Å². The van der Waals surface area contributed by atoms with Gasteiger partial charge in [0.05, 0.1) is 0 Å². The van der Waals surface area contributed by atoms with Crippen molar-refractivity contribution in [1.82, 2.24) is 0 Å². The van der Waals surface area contributed by atoms with Crippen LogP contribution in [0.15, 0.2) is 24.3 Å². The molecule has 0 spiro atoms. The van der Waals surface area contributed by atoms with Crippen molar-refractivity contribution in [2.75, 3.05) is 0 Å². The van der Waals surface area contributed by atoms with Crippen LogP contribution in [-0.4, -0.2) is 0 Å². The van der Waals surface area contributed by atoms with Crippen LogP contribution in [0.4, 0.5) is 0 Å². The standard InChI is InChI=1S/C15H22.C2H6/c1-15(2)11-7-3-4-8-13-9-5-6-10-14(13)12-15;1-2/h5-6,9-10H,3-4,7-8,11-12H2,1-2H3;1-2H3. The number of hydrogen-bond donors (Lipinski definition) is 0. The summed E-state index contributed by atoms with van der Waals surface area (Å²) in [6.07, 6.45) is 8.09. The second kappa shape index (κ2) is 6.83. The van der Waals surface area contributed by atoms with Crippen molar-refractivity contribution in [2.45, 2.75) is 66.2 Å². The highest BCUT2D eigenvalue weighted by Crippen LogP contribution is 2.31. The average molecular weight is 232 g/mol. The summed E-state index contributed by atoms with van der Waals surface area (Å²) < 4.78 is 0. The van der Waals surface area contributed by atoms with Gasteiger partial charge >= 0.3 is 0 Å². The van der Waals surface area contributed by atoms with E-state index in [2.05, 4.69) is 38.1 Å². The van der Waals surface area contributed by atoms with Crippen LogP contribution in [0.5, 0.6) is 0 Å². The van der Waals surface area contributed by atoms with Crippen LogP contribution in [0.1, 0.15) is 64.5 Å². The molecule has 17 heavy (non-hydrogen) atoms. The summed E-state index contributed by atoms with van der Waals surface area (Å²) in [5.74, 6) is 0. The van der Waals surface area contributed by atoms with Crippen molar-refractivity contribution in [3.05, 3.63) is 35.4 Å². The first-order valence-corrected chi connectivity index (χ1v) is 7.24. The number of aryl methyl sites for hydroxylation is 1. The van der Waals surface area contributed by atoms with Crippen molar-refractivity contribution in [2.24, 2.45) is 5.41 Å². The molecule has 1 aliphatic carbocycles. The lowest BCUT2D eigenvalue weighted by atomic mass is 9.81. The Bertz CT molecular complexity index is 323. The van der Waals surface area contributed by atoms with Gasteiger partial charge in [0, 0.05) is 0 Å². The Hall–Kier alpha value is -0.780. The predicted molar refractivity (Wildman–Crippen MR) is 77.4 cm³/mol. The van der Waals surface area contributed by atoms with Gasteiger partial charge in [-0.25, -0.2) is 0 Å². The van der Waals surface area contributed by atoms with Crippen molar-refractivity contribution in [3.63, 3.8) is 0 Å². The molecule has 0 nitrogen and oxygen atoms in total. The van der Waals surface area contributed by atoms with Gasteiger partial charge in [-0.05, 0) is 42.2 Å². The van der Waals surface area contributed by atoms with Crippen molar-refractivity contribution >= 4 is 0 Å². The molecule has 0 heterocycles. The van der Waals surface area contributed by atoms with Crippen LogP contribution in [0, 0.1) is 5.41 Å². The zero-order chi connectivity index (χ0) is 12.7. The third-order valence-corrected chi connectivity index (χ3v) is 3.59. The molecule has 1 aromatic rings. The molecule has 0 radical (unpaired) electrons. The summed E-state index contributed by atoms with van der Waals surface area (Å²) in [5.41, 5.74) is 3.66. The molecule has 0 saturated carbocycles. The van der Waals surface area contributed by atoms with E-state index in [1.54, 1.807) is 11.1 Å². The average Bonchev–Trinajstić information content (AvgIpc) is 2.39. The summed E-state index contributed by atoms with van der Waals surface area (Å²) in [5, 5.41) is 0. The first kappa shape index (κ1) is 14.3. The maximum absolute atomic E-state index is 2.41. The molecule has 0 saturated heterocycles. The Kier molecular flexibility index (Phi) is 5.74. The molecule has 0 atom stereocenters. The van der Waals surface area contributed by atoms with Gasteiger partial charge in [0.15, 0.2) is 0 Å². The van der Waals surface area contributed by atoms with E-state index in [0.29, 0.717) is 5.41 Å². The minimum absolute atomic E-state index is 0.487. The maximum Gasteiger partial charge on any atom is -0.0225 e.